The van der Waals surface area contributed by atoms with Crippen molar-refractivity contribution in [2.24, 2.45) is 0 Å². The Balaban J connectivity index is 2.03. The van der Waals surface area contributed by atoms with Gasteiger partial charge in [-0.15, -0.1) is 0 Å². The monoisotopic (exact) mass is 204 g/mol. The van der Waals surface area contributed by atoms with Crippen LogP contribution in [-0.2, 0) is 4.74 Å². The van der Waals surface area contributed by atoms with E-state index < -0.39 is 0 Å². The van der Waals surface area contributed by atoms with Crippen LogP contribution < -0.4 is 0 Å². The van der Waals surface area contributed by atoms with Gasteiger partial charge in [-0.3, -0.25) is 4.79 Å². The first-order valence-electron chi connectivity index (χ1n) is 4.95. The van der Waals surface area contributed by atoms with Crippen molar-refractivity contribution in [1.29, 1.82) is 0 Å². The van der Waals surface area contributed by atoms with Crippen molar-refractivity contribution in [1.82, 2.24) is 4.90 Å². The highest BCUT2D eigenvalue weighted by atomic mass is 16.5. The minimum atomic E-state index is 0.0637. The van der Waals surface area contributed by atoms with E-state index in [2.05, 4.69) is 6.92 Å². The molecule has 1 amide bonds. The summed E-state index contributed by atoms with van der Waals surface area (Å²) in [6.07, 6.45) is 0.205. The first kappa shape index (κ1) is 10.2. The fourth-order valence-electron chi connectivity index (χ4n) is 1.64. The summed E-state index contributed by atoms with van der Waals surface area (Å²) in [6, 6.07) is 7.35. The van der Waals surface area contributed by atoms with Gasteiger partial charge < -0.3 is 9.64 Å². The maximum atomic E-state index is 11.9. The quantitative estimate of drug-likeness (QED) is 0.727. The van der Waals surface area contributed by atoms with Crippen LogP contribution in [0.3, 0.4) is 0 Å². The third kappa shape index (κ3) is 2.02. The van der Waals surface area contributed by atoms with Crippen molar-refractivity contribution < 1.29 is 9.53 Å². The molecule has 3 nitrogen and oxygen atoms in total. The summed E-state index contributed by atoms with van der Waals surface area (Å²) >= 11 is 0. The van der Waals surface area contributed by atoms with Crippen LogP contribution in [0.5, 0.6) is 0 Å². The van der Waals surface area contributed by atoms with Crippen LogP contribution in [0.15, 0.2) is 24.3 Å². The third-order valence-corrected chi connectivity index (χ3v) is 2.64. The highest BCUT2D eigenvalue weighted by Gasteiger charge is 2.30. The Hall–Kier alpha value is -1.35. The van der Waals surface area contributed by atoms with E-state index in [1.165, 1.54) is 0 Å². The van der Waals surface area contributed by atoms with Crippen LogP contribution in [-0.4, -0.2) is 37.1 Å². The van der Waals surface area contributed by atoms with E-state index in [9.17, 15) is 4.79 Å². The molecule has 15 heavy (non-hydrogen) atoms. The van der Waals surface area contributed by atoms with Gasteiger partial charge in [-0.1, -0.05) is 12.1 Å². The van der Waals surface area contributed by atoms with Gasteiger partial charge in [0.1, 0.15) is 0 Å². The van der Waals surface area contributed by atoms with Gasteiger partial charge in [0.05, 0.1) is 6.10 Å². The second-order valence-electron chi connectivity index (χ2n) is 3.77. The third-order valence-electron chi connectivity index (χ3n) is 2.64. The lowest BCUT2D eigenvalue weighted by Gasteiger charge is -2.38. The molecule has 0 bridgehead atoms. The largest absolute Gasteiger partial charge is 0.378 e. The molecule has 0 saturated carbocycles. The Kier molecular flexibility index (Phi) is 2.73. The smallest absolute Gasteiger partial charge is 0.254 e. The molecule has 0 atom stereocenters. The van der Waals surface area contributed by atoms with Gasteiger partial charge in [0, 0.05) is 25.8 Å². The number of methoxy groups -OCH3 is 1. The molecular weight excluding hydrogens is 190 g/mol. The summed E-state index contributed by atoms with van der Waals surface area (Å²) < 4.78 is 5.12. The summed E-state index contributed by atoms with van der Waals surface area (Å²) in [5.41, 5.74) is 1.57. The molecular formula is C12H14NO2. The lowest BCUT2D eigenvalue weighted by atomic mass is 10.1. The molecule has 79 valence electrons. The van der Waals surface area contributed by atoms with Crippen molar-refractivity contribution in [2.75, 3.05) is 20.2 Å². The van der Waals surface area contributed by atoms with Crippen LogP contribution in [0.25, 0.3) is 0 Å². The minimum absolute atomic E-state index is 0.0637. The van der Waals surface area contributed by atoms with E-state index in [4.69, 9.17) is 4.74 Å². The summed E-state index contributed by atoms with van der Waals surface area (Å²) in [6.45, 7) is 5.18. The number of nitrogens with zero attached hydrogens (tertiary/aromatic N) is 1. The Bertz CT molecular complexity index is 370. The van der Waals surface area contributed by atoms with Gasteiger partial charge in [0.15, 0.2) is 0 Å². The number of ether oxygens (including phenoxy) is 1. The Morgan fingerprint density at radius 2 is 2.27 bits per heavy atom. The van der Waals surface area contributed by atoms with E-state index >= 15 is 0 Å². The summed E-state index contributed by atoms with van der Waals surface area (Å²) in [7, 11) is 1.67. The first-order valence-corrected chi connectivity index (χ1v) is 4.95. The SMILES string of the molecule is [CH2]c1cccc(C(=O)N2CC(OC)C2)c1. The van der Waals surface area contributed by atoms with Crippen LogP contribution >= 0.6 is 0 Å². The standard InChI is InChI=1S/C12H14NO2/c1-9-4-3-5-10(6-9)12(14)13-7-11(8-13)15-2/h3-6,11H,1,7-8H2,2H3. The molecule has 0 spiro atoms. The van der Waals surface area contributed by atoms with Gasteiger partial charge in [-0.25, -0.2) is 0 Å². The highest BCUT2D eigenvalue weighted by molar-refractivity contribution is 5.95. The van der Waals surface area contributed by atoms with Gasteiger partial charge in [-0.05, 0) is 24.6 Å². The molecule has 2 rings (SSSR count). The second-order valence-corrected chi connectivity index (χ2v) is 3.77. The zero-order valence-electron chi connectivity index (χ0n) is 8.77. The van der Waals surface area contributed by atoms with Gasteiger partial charge in [0.25, 0.3) is 5.91 Å². The molecule has 1 aromatic rings. The number of amides is 1. The molecule has 1 aliphatic heterocycles. The average Bonchev–Trinajstić information content (AvgIpc) is 2.16. The first-order chi connectivity index (χ1) is 7.20. The lowest BCUT2D eigenvalue weighted by Crippen LogP contribution is -2.54. The zero-order valence-corrected chi connectivity index (χ0v) is 8.77. The van der Waals surface area contributed by atoms with Gasteiger partial charge in [0.2, 0.25) is 0 Å². The van der Waals surface area contributed by atoms with Gasteiger partial charge in [-0.2, -0.15) is 0 Å². The average molecular weight is 204 g/mol. The molecule has 1 radical (unpaired) electrons. The molecule has 0 aromatic heterocycles. The topological polar surface area (TPSA) is 29.5 Å². The summed E-state index contributed by atoms with van der Waals surface area (Å²) in [5, 5.41) is 0. The van der Waals surface area contributed by atoms with Crippen molar-refractivity contribution in [2.45, 2.75) is 6.10 Å². The number of carbonyl (C=O) groups excluding carboxylic acids is 1. The maximum Gasteiger partial charge on any atom is 0.254 e. The molecule has 1 heterocycles. The summed E-state index contributed by atoms with van der Waals surface area (Å²) in [4.78, 5) is 13.7. The molecule has 1 aliphatic rings. The number of benzene rings is 1. The molecule has 1 fully saturated rings. The normalized spacial score (nSPS) is 16.3. The van der Waals surface area contributed by atoms with Crippen LogP contribution in [0.1, 0.15) is 15.9 Å². The molecule has 0 aliphatic carbocycles. The maximum absolute atomic E-state index is 11.9. The highest BCUT2D eigenvalue weighted by Crippen LogP contribution is 2.15. The molecule has 1 saturated heterocycles. The van der Waals surface area contributed by atoms with Crippen LogP contribution in [0.4, 0.5) is 0 Å². The number of hydrogen-bond donors (Lipinski definition) is 0. The van der Waals surface area contributed by atoms with Crippen molar-refractivity contribution in [3.8, 4) is 0 Å². The van der Waals surface area contributed by atoms with E-state index in [1.54, 1.807) is 12.0 Å². The number of rotatable bonds is 2. The van der Waals surface area contributed by atoms with Crippen molar-refractivity contribution in [3.63, 3.8) is 0 Å². The Morgan fingerprint density at radius 1 is 1.53 bits per heavy atom. The number of likely N-dealkylation sites (tertiary alicyclic amines) is 1. The minimum Gasteiger partial charge on any atom is -0.378 e. The van der Waals surface area contributed by atoms with Crippen LogP contribution in [0.2, 0.25) is 0 Å². The fourth-order valence-corrected chi connectivity index (χ4v) is 1.64. The van der Waals surface area contributed by atoms with Crippen LogP contribution in [0, 0.1) is 6.92 Å². The van der Waals surface area contributed by atoms with E-state index in [-0.39, 0.29) is 12.0 Å². The molecule has 3 heteroatoms. The molecule has 0 unspecified atom stereocenters. The summed E-state index contributed by atoms with van der Waals surface area (Å²) in [5.74, 6) is 0.0637. The molecule has 0 N–H and O–H groups in total. The Morgan fingerprint density at radius 3 is 2.87 bits per heavy atom. The number of carbonyl (C=O) groups is 1. The van der Waals surface area contributed by atoms with Gasteiger partial charge >= 0.3 is 0 Å². The van der Waals surface area contributed by atoms with E-state index in [0.29, 0.717) is 18.7 Å². The molecule has 1 aromatic carbocycles. The fraction of sp³-hybridized carbons (Fsp3) is 0.333. The van der Waals surface area contributed by atoms with E-state index in [0.717, 1.165) is 5.56 Å². The predicted molar refractivity (Wildman–Crippen MR) is 57.6 cm³/mol. The Labute approximate surface area is 89.7 Å². The van der Waals surface area contributed by atoms with Crippen molar-refractivity contribution >= 4 is 5.91 Å². The van der Waals surface area contributed by atoms with Crippen molar-refractivity contribution in [3.05, 3.63) is 42.3 Å². The van der Waals surface area contributed by atoms with E-state index in [1.807, 2.05) is 24.3 Å². The zero-order chi connectivity index (χ0) is 10.8. The number of hydrogen-bond acceptors (Lipinski definition) is 2. The second kappa shape index (κ2) is 4.03. The predicted octanol–water partition coefficient (Wildman–Crippen LogP) is 1.34. The lowest BCUT2D eigenvalue weighted by molar-refractivity contribution is -0.0191.